The van der Waals surface area contributed by atoms with E-state index in [9.17, 15) is 18.0 Å². The normalized spacial score (nSPS) is 11.7. The Hall–Kier alpha value is -2.24. The second kappa shape index (κ2) is 6.25. The summed E-state index contributed by atoms with van der Waals surface area (Å²) in [7, 11) is 0. The predicted octanol–water partition coefficient (Wildman–Crippen LogP) is 3.70. The topological polar surface area (TPSA) is 31.2 Å². The van der Waals surface area contributed by atoms with Crippen LogP contribution in [0.5, 0.6) is 5.75 Å². The SMILES string of the molecule is CC(C)Oc1cccc(Cn2cccc(C(F)(F)F)c2=O)c1. The maximum absolute atomic E-state index is 12.7. The molecule has 0 aliphatic carbocycles. The van der Waals surface area contributed by atoms with Crippen LogP contribution in [0.25, 0.3) is 0 Å². The number of aromatic nitrogens is 1. The first-order valence-corrected chi connectivity index (χ1v) is 6.79. The summed E-state index contributed by atoms with van der Waals surface area (Å²) in [4.78, 5) is 11.9. The molecule has 0 saturated heterocycles. The third kappa shape index (κ3) is 3.90. The van der Waals surface area contributed by atoms with Crippen molar-refractivity contribution in [3.8, 4) is 5.75 Å². The van der Waals surface area contributed by atoms with Crippen molar-refractivity contribution < 1.29 is 17.9 Å². The fraction of sp³-hybridized carbons (Fsp3) is 0.312. The molecule has 118 valence electrons. The second-order valence-electron chi connectivity index (χ2n) is 5.17. The van der Waals surface area contributed by atoms with Gasteiger partial charge in [-0.1, -0.05) is 12.1 Å². The number of hydrogen-bond acceptors (Lipinski definition) is 2. The number of halogens is 3. The Kier molecular flexibility index (Phi) is 4.59. The Labute approximate surface area is 126 Å². The Morgan fingerprint density at radius 2 is 1.91 bits per heavy atom. The van der Waals surface area contributed by atoms with Crippen molar-refractivity contribution in [2.45, 2.75) is 32.7 Å². The average molecular weight is 311 g/mol. The van der Waals surface area contributed by atoms with Gasteiger partial charge in [0.15, 0.2) is 0 Å². The van der Waals surface area contributed by atoms with Crippen LogP contribution in [0.2, 0.25) is 0 Å². The highest BCUT2D eigenvalue weighted by atomic mass is 19.4. The standard InChI is InChI=1S/C16H16F3NO2/c1-11(2)22-13-6-3-5-12(9-13)10-20-8-4-7-14(15(20)21)16(17,18)19/h3-9,11H,10H2,1-2H3. The largest absolute Gasteiger partial charge is 0.491 e. The molecule has 0 radical (unpaired) electrons. The molecule has 0 unspecified atom stereocenters. The fourth-order valence-electron chi connectivity index (χ4n) is 2.06. The van der Waals surface area contributed by atoms with E-state index in [0.29, 0.717) is 11.3 Å². The summed E-state index contributed by atoms with van der Waals surface area (Å²) in [5.74, 6) is 0.618. The molecule has 2 aromatic rings. The second-order valence-corrected chi connectivity index (χ2v) is 5.17. The van der Waals surface area contributed by atoms with Crippen LogP contribution in [0.4, 0.5) is 13.2 Å². The summed E-state index contributed by atoms with van der Waals surface area (Å²) in [6.07, 6.45) is -3.32. The highest BCUT2D eigenvalue weighted by molar-refractivity contribution is 5.29. The minimum atomic E-state index is -4.65. The van der Waals surface area contributed by atoms with Gasteiger partial charge in [0.1, 0.15) is 11.3 Å². The van der Waals surface area contributed by atoms with Crippen LogP contribution in [-0.4, -0.2) is 10.7 Å². The number of benzene rings is 1. The lowest BCUT2D eigenvalue weighted by Gasteiger charge is -2.13. The van der Waals surface area contributed by atoms with E-state index in [-0.39, 0.29) is 12.6 Å². The average Bonchev–Trinajstić information content (AvgIpc) is 2.39. The summed E-state index contributed by atoms with van der Waals surface area (Å²) < 4.78 is 44.8. The molecule has 0 atom stereocenters. The number of hydrogen-bond donors (Lipinski definition) is 0. The van der Waals surface area contributed by atoms with E-state index in [1.165, 1.54) is 12.3 Å². The molecule has 0 spiro atoms. The van der Waals surface area contributed by atoms with E-state index in [4.69, 9.17) is 4.74 Å². The Balaban J connectivity index is 2.30. The molecular weight excluding hydrogens is 295 g/mol. The highest BCUT2D eigenvalue weighted by Gasteiger charge is 2.34. The Morgan fingerprint density at radius 3 is 2.55 bits per heavy atom. The fourth-order valence-corrected chi connectivity index (χ4v) is 2.06. The molecule has 0 N–H and O–H groups in total. The van der Waals surface area contributed by atoms with E-state index in [1.807, 2.05) is 13.8 Å². The smallest absolute Gasteiger partial charge is 0.421 e. The van der Waals surface area contributed by atoms with Crippen molar-refractivity contribution in [1.82, 2.24) is 4.57 Å². The van der Waals surface area contributed by atoms with Crippen LogP contribution in [-0.2, 0) is 12.7 Å². The van der Waals surface area contributed by atoms with Gasteiger partial charge >= 0.3 is 6.18 Å². The van der Waals surface area contributed by atoms with Crippen molar-refractivity contribution in [2.75, 3.05) is 0 Å². The van der Waals surface area contributed by atoms with Crippen LogP contribution in [0, 0.1) is 0 Å². The van der Waals surface area contributed by atoms with Gasteiger partial charge in [-0.05, 0) is 43.7 Å². The first-order chi connectivity index (χ1) is 10.3. The molecule has 0 amide bonds. The Morgan fingerprint density at radius 1 is 1.18 bits per heavy atom. The lowest BCUT2D eigenvalue weighted by atomic mass is 10.2. The summed E-state index contributed by atoms with van der Waals surface area (Å²) in [5.41, 5.74) is -1.52. The van der Waals surface area contributed by atoms with Gasteiger partial charge < -0.3 is 9.30 Å². The van der Waals surface area contributed by atoms with E-state index in [2.05, 4.69) is 0 Å². The maximum Gasteiger partial charge on any atom is 0.421 e. The zero-order valence-electron chi connectivity index (χ0n) is 12.2. The van der Waals surface area contributed by atoms with E-state index in [1.54, 1.807) is 24.3 Å². The van der Waals surface area contributed by atoms with Gasteiger partial charge in [-0.3, -0.25) is 4.79 Å². The van der Waals surface area contributed by atoms with Gasteiger partial charge in [0.25, 0.3) is 5.56 Å². The van der Waals surface area contributed by atoms with Crippen LogP contribution in [0.3, 0.4) is 0 Å². The molecule has 2 rings (SSSR count). The molecule has 0 aliphatic rings. The van der Waals surface area contributed by atoms with Crippen molar-refractivity contribution >= 4 is 0 Å². The minimum absolute atomic E-state index is 0.00784. The van der Waals surface area contributed by atoms with Crippen molar-refractivity contribution in [1.29, 1.82) is 0 Å². The van der Waals surface area contributed by atoms with Crippen LogP contribution in [0.1, 0.15) is 25.0 Å². The Bertz CT molecular complexity index is 705. The number of rotatable bonds is 4. The van der Waals surface area contributed by atoms with Crippen molar-refractivity contribution in [3.05, 3.63) is 64.1 Å². The molecule has 0 saturated carbocycles. The molecule has 0 bridgehead atoms. The van der Waals surface area contributed by atoms with E-state index in [0.717, 1.165) is 10.6 Å². The van der Waals surface area contributed by atoms with E-state index < -0.39 is 17.3 Å². The minimum Gasteiger partial charge on any atom is -0.491 e. The monoisotopic (exact) mass is 311 g/mol. The summed E-state index contributed by atoms with van der Waals surface area (Å²) in [5, 5.41) is 0. The number of alkyl halides is 3. The zero-order chi connectivity index (χ0) is 16.3. The zero-order valence-corrected chi connectivity index (χ0v) is 12.2. The summed E-state index contributed by atoms with van der Waals surface area (Å²) in [6.45, 7) is 3.81. The van der Waals surface area contributed by atoms with E-state index >= 15 is 0 Å². The number of pyridine rings is 1. The van der Waals surface area contributed by atoms with Gasteiger partial charge in [0.05, 0.1) is 12.6 Å². The van der Waals surface area contributed by atoms with Gasteiger partial charge in [0, 0.05) is 6.20 Å². The third-order valence-electron chi connectivity index (χ3n) is 2.95. The predicted molar refractivity (Wildman–Crippen MR) is 77.0 cm³/mol. The molecule has 0 fully saturated rings. The van der Waals surface area contributed by atoms with Crippen molar-refractivity contribution in [2.24, 2.45) is 0 Å². The van der Waals surface area contributed by atoms with Crippen LogP contribution in [0.15, 0.2) is 47.4 Å². The molecular formula is C16H16F3NO2. The molecule has 0 aliphatic heterocycles. The highest BCUT2D eigenvalue weighted by Crippen LogP contribution is 2.26. The van der Waals surface area contributed by atoms with Gasteiger partial charge in [0.2, 0.25) is 0 Å². The lowest BCUT2D eigenvalue weighted by molar-refractivity contribution is -0.138. The maximum atomic E-state index is 12.7. The quantitative estimate of drug-likeness (QED) is 0.862. The summed E-state index contributed by atoms with van der Waals surface area (Å²) in [6, 6.07) is 8.96. The number of nitrogens with zero attached hydrogens (tertiary/aromatic N) is 1. The first-order valence-electron chi connectivity index (χ1n) is 6.79. The molecule has 1 aromatic carbocycles. The van der Waals surface area contributed by atoms with Gasteiger partial charge in [-0.15, -0.1) is 0 Å². The van der Waals surface area contributed by atoms with Crippen LogP contribution >= 0.6 is 0 Å². The third-order valence-corrected chi connectivity index (χ3v) is 2.95. The van der Waals surface area contributed by atoms with Crippen molar-refractivity contribution in [3.63, 3.8) is 0 Å². The molecule has 1 aromatic heterocycles. The van der Waals surface area contributed by atoms with Crippen LogP contribution < -0.4 is 10.3 Å². The molecule has 1 heterocycles. The first kappa shape index (κ1) is 16.1. The molecule has 22 heavy (non-hydrogen) atoms. The number of ether oxygens (including phenoxy) is 1. The lowest BCUT2D eigenvalue weighted by Crippen LogP contribution is -2.28. The molecule has 6 heteroatoms. The molecule has 3 nitrogen and oxygen atoms in total. The van der Waals surface area contributed by atoms with Gasteiger partial charge in [-0.2, -0.15) is 13.2 Å². The van der Waals surface area contributed by atoms with Gasteiger partial charge in [-0.25, -0.2) is 0 Å². The summed E-state index contributed by atoms with van der Waals surface area (Å²) >= 11 is 0.